The van der Waals surface area contributed by atoms with Crippen LogP contribution >= 0.6 is 0 Å². The summed E-state index contributed by atoms with van der Waals surface area (Å²) in [6, 6.07) is -0.0511. The first-order chi connectivity index (χ1) is 7.76. The van der Waals surface area contributed by atoms with Crippen LogP contribution in [0.15, 0.2) is 12.7 Å². The van der Waals surface area contributed by atoms with Gasteiger partial charge in [-0.2, -0.15) is 0 Å². The van der Waals surface area contributed by atoms with Crippen molar-refractivity contribution in [2.45, 2.75) is 46.3 Å². The Morgan fingerprint density at radius 2 is 2.00 bits per heavy atom. The number of nitrogens with one attached hydrogen (secondary N) is 1. The molecule has 0 aliphatic heterocycles. The van der Waals surface area contributed by atoms with Crippen molar-refractivity contribution in [3.05, 3.63) is 12.7 Å². The van der Waals surface area contributed by atoms with E-state index in [4.69, 9.17) is 9.47 Å². The zero-order chi connectivity index (χ0) is 13.5. The van der Waals surface area contributed by atoms with Gasteiger partial charge in [-0.05, 0) is 26.7 Å². The molecule has 1 atom stereocenters. The smallest absolute Gasteiger partial charge is 0.407 e. The van der Waals surface area contributed by atoms with Gasteiger partial charge in [-0.25, -0.2) is 4.79 Å². The number of alkyl carbamates (subject to hydrolysis) is 1. The Hall–Kier alpha value is -1.03. The van der Waals surface area contributed by atoms with E-state index in [9.17, 15) is 4.79 Å². The molecule has 0 bridgehead atoms. The molecule has 4 nitrogen and oxygen atoms in total. The lowest BCUT2D eigenvalue weighted by Crippen LogP contribution is -2.44. The second-order valence-electron chi connectivity index (χ2n) is 5.32. The van der Waals surface area contributed by atoms with Crippen LogP contribution in [0.25, 0.3) is 0 Å². The summed E-state index contributed by atoms with van der Waals surface area (Å²) in [7, 11) is 0. The third-order valence-electron chi connectivity index (χ3n) is 2.04. The molecule has 1 unspecified atom stereocenters. The van der Waals surface area contributed by atoms with Crippen molar-refractivity contribution in [1.29, 1.82) is 0 Å². The minimum Gasteiger partial charge on any atom is -0.444 e. The lowest BCUT2D eigenvalue weighted by molar-refractivity contribution is 0.0426. The number of hydrogen-bond acceptors (Lipinski definition) is 3. The summed E-state index contributed by atoms with van der Waals surface area (Å²) in [5, 5.41) is 2.81. The SMILES string of the molecule is C=CCOCC(NC(=O)OC(C)(C)C)C(C)C. The van der Waals surface area contributed by atoms with Crippen molar-refractivity contribution in [3.8, 4) is 0 Å². The lowest BCUT2D eigenvalue weighted by atomic mass is 10.1. The first kappa shape index (κ1) is 16.0. The topological polar surface area (TPSA) is 47.6 Å². The van der Waals surface area contributed by atoms with E-state index >= 15 is 0 Å². The molecule has 0 fully saturated rings. The van der Waals surface area contributed by atoms with Crippen LogP contribution in [0.1, 0.15) is 34.6 Å². The third-order valence-corrected chi connectivity index (χ3v) is 2.04. The van der Waals surface area contributed by atoms with Crippen molar-refractivity contribution < 1.29 is 14.3 Å². The van der Waals surface area contributed by atoms with Crippen molar-refractivity contribution in [1.82, 2.24) is 5.32 Å². The van der Waals surface area contributed by atoms with Gasteiger partial charge in [-0.15, -0.1) is 6.58 Å². The van der Waals surface area contributed by atoms with Crippen LogP contribution in [0.5, 0.6) is 0 Å². The first-order valence-corrected chi connectivity index (χ1v) is 5.94. The monoisotopic (exact) mass is 243 g/mol. The average Bonchev–Trinajstić information content (AvgIpc) is 2.13. The van der Waals surface area contributed by atoms with Gasteiger partial charge in [0.15, 0.2) is 0 Å². The normalized spacial score (nSPS) is 13.3. The van der Waals surface area contributed by atoms with Crippen LogP contribution in [-0.2, 0) is 9.47 Å². The minimum absolute atomic E-state index is 0.0511. The van der Waals surface area contributed by atoms with E-state index in [2.05, 4.69) is 11.9 Å². The Morgan fingerprint density at radius 1 is 1.41 bits per heavy atom. The summed E-state index contributed by atoms with van der Waals surface area (Å²) in [5.41, 5.74) is -0.479. The van der Waals surface area contributed by atoms with Gasteiger partial charge in [0.05, 0.1) is 19.3 Å². The maximum Gasteiger partial charge on any atom is 0.407 e. The molecule has 1 N–H and O–H groups in total. The molecule has 0 spiro atoms. The van der Waals surface area contributed by atoms with Crippen LogP contribution in [0.2, 0.25) is 0 Å². The molecule has 0 saturated heterocycles. The van der Waals surface area contributed by atoms with E-state index in [-0.39, 0.29) is 12.0 Å². The number of amides is 1. The van der Waals surface area contributed by atoms with E-state index in [1.165, 1.54) is 0 Å². The number of rotatable bonds is 6. The molecule has 0 rings (SSSR count). The highest BCUT2D eigenvalue weighted by molar-refractivity contribution is 5.68. The van der Waals surface area contributed by atoms with Gasteiger partial charge in [0, 0.05) is 0 Å². The Labute approximate surface area is 104 Å². The van der Waals surface area contributed by atoms with E-state index < -0.39 is 11.7 Å². The zero-order valence-corrected chi connectivity index (χ0v) is 11.6. The molecule has 4 heteroatoms. The molecule has 0 aromatic rings. The first-order valence-electron chi connectivity index (χ1n) is 5.94. The molecular formula is C13H25NO3. The third kappa shape index (κ3) is 8.74. The standard InChI is InChI=1S/C13H25NO3/c1-7-8-16-9-11(10(2)3)14-12(15)17-13(4,5)6/h7,10-11H,1,8-9H2,2-6H3,(H,14,15). The quantitative estimate of drug-likeness (QED) is 0.576. The van der Waals surface area contributed by atoms with Crippen molar-refractivity contribution in [2.75, 3.05) is 13.2 Å². The molecular weight excluding hydrogens is 218 g/mol. The largest absolute Gasteiger partial charge is 0.444 e. The minimum atomic E-state index is -0.479. The van der Waals surface area contributed by atoms with Gasteiger partial charge >= 0.3 is 6.09 Å². The number of ether oxygens (including phenoxy) is 2. The summed E-state index contributed by atoms with van der Waals surface area (Å²) in [4.78, 5) is 11.6. The van der Waals surface area contributed by atoms with Crippen LogP contribution in [0.4, 0.5) is 4.79 Å². The summed E-state index contributed by atoms with van der Waals surface area (Å²) in [6.45, 7) is 14.1. The lowest BCUT2D eigenvalue weighted by Gasteiger charge is -2.25. The fourth-order valence-electron chi connectivity index (χ4n) is 1.14. The molecule has 0 saturated carbocycles. The highest BCUT2D eigenvalue weighted by atomic mass is 16.6. The van der Waals surface area contributed by atoms with Crippen molar-refractivity contribution in [3.63, 3.8) is 0 Å². The predicted molar refractivity (Wildman–Crippen MR) is 69.0 cm³/mol. The van der Waals surface area contributed by atoms with Gasteiger partial charge < -0.3 is 14.8 Å². The Kier molecular flexibility index (Phi) is 6.88. The predicted octanol–water partition coefficient (Wildman–Crippen LogP) is 2.74. The molecule has 0 aromatic carbocycles. The summed E-state index contributed by atoms with van der Waals surface area (Å²) in [6.07, 6.45) is 1.28. The van der Waals surface area contributed by atoms with Gasteiger partial charge in [0.1, 0.15) is 5.60 Å². The summed E-state index contributed by atoms with van der Waals surface area (Å²) >= 11 is 0. The molecule has 0 radical (unpaired) electrons. The van der Waals surface area contributed by atoms with E-state index in [0.717, 1.165) is 0 Å². The molecule has 100 valence electrons. The van der Waals surface area contributed by atoms with Crippen molar-refractivity contribution in [2.24, 2.45) is 5.92 Å². The summed E-state index contributed by atoms with van der Waals surface area (Å²) in [5.74, 6) is 0.285. The van der Waals surface area contributed by atoms with Gasteiger partial charge in [-0.1, -0.05) is 19.9 Å². The fraction of sp³-hybridized carbons (Fsp3) is 0.769. The number of hydrogen-bond donors (Lipinski definition) is 1. The van der Waals surface area contributed by atoms with Crippen LogP contribution in [-0.4, -0.2) is 30.9 Å². The molecule has 17 heavy (non-hydrogen) atoms. The van der Waals surface area contributed by atoms with Gasteiger partial charge in [-0.3, -0.25) is 0 Å². The average molecular weight is 243 g/mol. The maximum atomic E-state index is 11.6. The summed E-state index contributed by atoms with van der Waals surface area (Å²) < 4.78 is 10.5. The van der Waals surface area contributed by atoms with Crippen LogP contribution in [0, 0.1) is 5.92 Å². The number of carbonyl (C=O) groups excluding carboxylic acids is 1. The van der Waals surface area contributed by atoms with E-state index in [0.29, 0.717) is 13.2 Å². The Balaban J connectivity index is 4.15. The molecule has 0 aliphatic rings. The fourth-order valence-corrected chi connectivity index (χ4v) is 1.14. The van der Waals surface area contributed by atoms with E-state index in [1.54, 1.807) is 6.08 Å². The van der Waals surface area contributed by atoms with Crippen LogP contribution < -0.4 is 5.32 Å². The Morgan fingerprint density at radius 3 is 2.41 bits per heavy atom. The van der Waals surface area contributed by atoms with Crippen molar-refractivity contribution >= 4 is 6.09 Å². The van der Waals surface area contributed by atoms with E-state index in [1.807, 2.05) is 34.6 Å². The molecule has 0 aliphatic carbocycles. The zero-order valence-electron chi connectivity index (χ0n) is 11.6. The van der Waals surface area contributed by atoms with Gasteiger partial charge in [0.25, 0.3) is 0 Å². The number of carbonyl (C=O) groups is 1. The van der Waals surface area contributed by atoms with Crippen LogP contribution in [0.3, 0.4) is 0 Å². The highest BCUT2D eigenvalue weighted by Crippen LogP contribution is 2.08. The van der Waals surface area contributed by atoms with Gasteiger partial charge in [0.2, 0.25) is 0 Å². The highest BCUT2D eigenvalue weighted by Gasteiger charge is 2.21. The molecule has 0 heterocycles. The second-order valence-corrected chi connectivity index (χ2v) is 5.32. The molecule has 1 amide bonds. The molecule has 0 aromatic heterocycles. The Bertz CT molecular complexity index is 244. The maximum absolute atomic E-state index is 11.6. The second kappa shape index (κ2) is 7.33.